The van der Waals surface area contributed by atoms with Crippen molar-refractivity contribution in [2.75, 3.05) is 0 Å². The maximum absolute atomic E-state index is 12.3. The third-order valence-electron chi connectivity index (χ3n) is 3.80. The number of aromatic nitrogens is 4. The second-order valence-corrected chi connectivity index (χ2v) is 6.03. The summed E-state index contributed by atoms with van der Waals surface area (Å²) in [6, 6.07) is 6.93. The number of hydrazone groups is 1. The summed E-state index contributed by atoms with van der Waals surface area (Å²) in [5.41, 5.74) is 2.54. The number of imidazole rings is 1. The Kier molecular flexibility index (Phi) is 4.72. The van der Waals surface area contributed by atoms with Gasteiger partial charge in [-0.2, -0.15) is 5.10 Å². The van der Waals surface area contributed by atoms with Crippen LogP contribution in [0.15, 0.2) is 45.3 Å². The third-order valence-corrected chi connectivity index (χ3v) is 4.06. The van der Waals surface area contributed by atoms with Crippen LogP contribution in [0, 0.1) is 0 Å². The summed E-state index contributed by atoms with van der Waals surface area (Å²) in [6.07, 6.45) is 2.82. The van der Waals surface area contributed by atoms with Gasteiger partial charge in [0.25, 0.3) is 11.5 Å². The van der Waals surface area contributed by atoms with E-state index in [9.17, 15) is 14.4 Å². The molecule has 0 atom stereocenters. The fourth-order valence-electron chi connectivity index (χ4n) is 2.43. The fourth-order valence-corrected chi connectivity index (χ4v) is 2.56. The molecule has 1 N–H and O–H groups in total. The second-order valence-electron chi connectivity index (χ2n) is 5.60. The molecule has 3 rings (SSSR count). The first-order valence-electron chi connectivity index (χ1n) is 7.57. The van der Waals surface area contributed by atoms with Crippen molar-refractivity contribution in [3.05, 3.63) is 62.0 Å². The van der Waals surface area contributed by atoms with Crippen LogP contribution in [0.5, 0.6) is 0 Å². The van der Waals surface area contributed by atoms with Crippen LogP contribution in [-0.2, 0) is 25.4 Å². The van der Waals surface area contributed by atoms with E-state index >= 15 is 0 Å². The molecular formula is C16H15ClN6O3. The molecule has 2 aromatic heterocycles. The van der Waals surface area contributed by atoms with E-state index in [0.29, 0.717) is 5.02 Å². The lowest BCUT2D eigenvalue weighted by Crippen LogP contribution is -2.38. The molecule has 0 aliphatic carbocycles. The summed E-state index contributed by atoms with van der Waals surface area (Å²) in [6.45, 7) is -0.165. The first kappa shape index (κ1) is 17.6. The Balaban J connectivity index is 1.79. The maximum atomic E-state index is 12.3. The number of carbonyl (C=O) groups excluding carboxylic acids is 1. The minimum Gasteiger partial charge on any atom is -0.315 e. The van der Waals surface area contributed by atoms with Gasteiger partial charge in [-0.3, -0.25) is 18.7 Å². The number of fused-ring (bicyclic) bond motifs is 1. The zero-order valence-corrected chi connectivity index (χ0v) is 14.8. The topological polar surface area (TPSA) is 103 Å². The number of aryl methyl sites for hydroxylation is 1. The number of nitrogens with zero attached hydrogens (tertiary/aromatic N) is 5. The summed E-state index contributed by atoms with van der Waals surface area (Å²) in [5, 5.41) is 4.47. The van der Waals surface area contributed by atoms with Crippen LogP contribution in [0.2, 0.25) is 5.02 Å². The number of carbonyl (C=O) groups is 1. The molecule has 1 aromatic carbocycles. The molecule has 0 aliphatic heterocycles. The minimum atomic E-state index is -0.516. The molecule has 3 aromatic rings. The van der Waals surface area contributed by atoms with E-state index in [4.69, 9.17) is 11.6 Å². The largest absolute Gasteiger partial charge is 0.332 e. The molecule has 0 spiro atoms. The zero-order valence-electron chi connectivity index (χ0n) is 14.0. The molecule has 0 saturated carbocycles. The van der Waals surface area contributed by atoms with Crippen molar-refractivity contribution in [3.8, 4) is 0 Å². The summed E-state index contributed by atoms with van der Waals surface area (Å²) in [5.74, 6) is -0.439. The molecule has 134 valence electrons. The number of hydrogen-bond acceptors (Lipinski definition) is 5. The van der Waals surface area contributed by atoms with Crippen molar-refractivity contribution in [1.82, 2.24) is 24.1 Å². The Morgan fingerprint density at radius 3 is 2.62 bits per heavy atom. The van der Waals surface area contributed by atoms with Crippen molar-refractivity contribution in [2.24, 2.45) is 19.2 Å². The van der Waals surface area contributed by atoms with Gasteiger partial charge in [0.05, 0.1) is 12.5 Å². The van der Waals surface area contributed by atoms with E-state index in [2.05, 4.69) is 15.5 Å². The van der Waals surface area contributed by atoms with E-state index < -0.39 is 17.2 Å². The Labute approximate surface area is 152 Å². The van der Waals surface area contributed by atoms with Crippen molar-refractivity contribution in [2.45, 2.75) is 6.54 Å². The molecule has 0 saturated heterocycles. The molecule has 0 bridgehead atoms. The van der Waals surface area contributed by atoms with Crippen LogP contribution >= 0.6 is 11.6 Å². The van der Waals surface area contributed by atoms with Crippen molar-refractivity contribution >= 4 is 34.9 Å². The predicted octanol–water partition coefficient (Wildman–Crippen LogP) is 0.237. The number of nitrogens with one attached hydrogen (secondary N) is 1. The highest BCUT2D eigenvalue weighted by Crippen LogP contribution is 2.08. The first-order valence-corrected chi connectivity index (χ1v) is 7.94. The standard InChI is InChI=1S/C16H15ClN6O3/c1-21-14-13(15(25)22(2)16(21)26)23(9-18-14)8-12(24)20-19-7-10-3-5-11(17)6-4-10/h3-7,9H,8H2,1-2H3,(H,20,24). The molecule has 0 radical (unpaired) electrons. The number of rotatable bonds is 4. The Morgan fingerprint density at radius 1 is 1.23 bits per heavy atom. The van der Waals surface area contributed by atoms with Gasteiger partial charge in [0.15, 0.2) is 11.2 Å². The normalized spacial score (nSPS) is 11.3. The fraction of sp³-hybridized carbons (Fsp3) is 0.188. The predicted molar refractivity (Wildman–Crippen MR) is 97.4 cm³/mol. The van der Waals surface area contributed by atoms with E-state index in [0.717, 1.165) is 10.1 Å². The average molecular weight is 375 g/mol. The summed E-state index contributed by atoms with van der Waals surface area (Å²) in [4.78, 5) is 40.3. The lowest BCUT2D eigenvalue weighted by atomic mass is 10.2. The molecule has 1 amide bonds. The van der Waals surface area contributed by atoms with Crippen molar-refractivity contribution in [3.63, 3.8) is 0 Å². The highest BCUT2D eigenvalue weighted by molar-refractivity contribution is 6.30. The molecule has 2 heterocycles. The average Bonchev–Trinajstić information content (AvgIpc) is 3.03. The van der Waals surface area contributed by atoms with E-state index in [-0.39, 0.29) is 17.7 Å². The lowest BCUT2D eigenvalue weighted by Gasteiger charge is -2.05. The first-order chi connectivity index (χ1) is 12.4. The minimum absolute atomic E-state index is 0.165. The molecule has 0 fully saturated rings. The third kappa shape index (κ3) is 3.29. The molecule has 9 nitrogen and oxygen atoms in total. The molecule has 26 heavy (non-hydrogen) atoms. The Morgan fingerprint density at radius 2 is 1.92 bits per heavy atom. The van der Waals surface area contributed by atoms with Gasteiger partial charge in [0.1, 0.15) is 6.54 Å². The number of hydrogen-bond donors (Lipinski definition) is 1. The molecule has 10 heteroatoms. The van der Waals surface area contributed by atoms with Crippen LogP contribution in [0.4, 0.5) is 0 Å². The summed E-state index contributed by atoms with van der Waals surface area (Å²) in [7, 11) is 2.88. The van der Waals surface area contributed by atoms with Gasteiger partial charge >= 0.3 is 5.69 Å². The zero-order chi connectivity index (χ0) is 18.8. The summed E-state index contributed by atoms with van der Waals surface area (Å²) >= 11 is 5.80. The van der Waals surface area contributed by atoms with Gasteiger partial charge in [-0.25, -0.2) is 15.2 Å². The molecular weight excluding hydrogens is 360 g/mol. The lowest BCUT2D eigenvalue weighted by molar-refractivity contribution is -0.121. The van der Waals surface area contributed by atoms with Crippen molar-refractivity contribution < 1.29 is 4.79 Å². The maximum Gasteiger partial charge on any atom is 0.332 e. The van der Waals surface area contributed by atoms with Gasteiger partial charge in [-0.15, -0.1) is 0 Å². The van der Waals surface area contributed by atoms with E-state index in [1.54, 1.807) is 24.3 Å². The highest BCUT2D eigenvalue weighted by atomic mass is 35.5. The highest BCUT2D eigenvalue weighted by Gasteiger charge is 2.15. The van der Waals surface area contributed by atoms with Crippen LogP contribution < -0.4 is 16.7 Å². The number of benzene rings is 1. The van der Waals surface area contributed by atoms with Crippen LogP contribution in [0.25, 0.3) is 11.2 Å². The van der Waals surface area contributed by atoms with Gasteiger partial charge in [-0.05, 0) is 17.7 Å². The SMILES string of the molecule is Cn1c(=O)c2c(ncn2CC(=O)NN=Cc2ccc(Cl)cc2)n(C)c1=O. The van der Waals surface area contributed by atoms with E-state index in [1.165, 1.54) is 35.8 Å². The number of amides is 1. The molecule has 0 unspecified atom stereocenters. The van der Waals surface area contributed by atoms with Crippen LogP contribution in [-0.4, -0.2) is 30.8 Å². The second kappa shape index (κ2) is 6.96. The Bertz CT molecular complexity index is 1120. The quantitative estimate of drug-likeness (QED) is 0.521. The van der Waals surface area contributed by atoms with Crippen LogP contribution in [0.1, 0.15) is 5.56 Å². The number of halogens is 1. The molecule has 0 aliphatic rings. The monoisotopic (exact) mass is 374 g/mol. The van der Waals surface area contributed by atoms with Gasteiger partial charge in [-0.1, -0.05) is 23.7 Å². The van der Waals surface area contributed by atoms with Crippen molar-refractivity contribution in [1.29, 1.82) is 0 Å². The Hall–Kier alpha value is -3.20. The smallest absolute Gasteiger partial charge is 0.315 e. The van der Waals surface area contributed by atoms with Gasteiger partial charge in [0, 0.05) is 19.1 Å². The van der Waals surface area contributed by atoms with Crippen LogP contribution in [0.3, 0.4) is 0 Å². The van der Waals surface area contributed by atoms with Gasteiger partial charge in [0.2, 0.25) is 0 Å². The van der Waals surface area contributed by atoms with Gasteiger partial charge < -0.3 is 4.57 Å². The summed E-state index contributed by atoms with van der Waals surface area (Å²) < 4.78 is 3.60. The van der Waals surface area contributed by atoms with E-state index in [1.807, 2.05) is 0 Å².